The van der Waals surface area contributed by atoms with E-state index < -0.39 is 32.0 Å². The van der Waals surface area contributed by atoms with Gasteiger partial charge in [0.2, 0.25) is 15.8 Å². The molecule has 1 aliphatic heterocycles. The van der Waals surface area contributed by atoms with E-state index in [9.17, 15) is 22.9 Å². The minimum absolute atomic E-state index is 0.335. The van der Waals surface area contributed by atoms with E-state index in [4.69, 9.17) is 4.74 Å². The minimum atomic E-state index is -3.95. The molecule has 0 radical (unpaired) electrons. The summed E-state index contributed by atoms with van der Waals surface area (Å²) in [4.78, 5) is 9.30. The summed E-state index contributed by atoms with van der Waals surface area (Å²) in [5.41, 5.74) is -1.43. The Labute approximate surface area is 121 Å². The second-order valence-electron chi connectivity index (χ2n) is 5.15. The van der Waals surface area contributed by atoms with Gasteiger partial charge in [-0.05, 0) is 25.8 Å². The first-order valence-electron chi connectivity index (χ1n) is 6.29. The number of ether oxygens (including phenoxy) is 1. The van der Waals surface area contributed by atoms with Crippen molar-refractivity contribution in [2.24, 2.45) is 0 Å². The largest absolute Gasteiger partial charge is 0.381 e. The summed E-state index contributed by atoms with van der Waals surface area (Å²) in [7, 11) is -3.95. The Morgan fingerprint density at radius 1 is 1.38 bits per heavy atom. The van der Waals surface area contributed by atoms with Gasteiger partial charge >= 0.3 is 5.69 Å². The molecule has 7 nitrogen and oxygen atoms in total. The van der Waals surface area contributed by atoms with Crippen molar-refractivity contribution in [2.75, 3.05) is 13.2 Å². The van der Waals surface area contributed by atoms with Gasteiger partial charge < -0.3 is 4.74 Å². The molecule has 0 atom stereocenters. The molecule has 0 amide bonds. The van der Waals surface area contributed by atoms with Crippen molar-refractivity contribution >= 4 is 15.7 Å². The monoisotopic (exact) mass is 318 g/mol. The summed E-state index contributed by atoms with van der Waals surface area (Å²) in [6, 6.07) is 2.52. The maximum absolute atomic E-state index is 13.6. The van der Waals surface area contributed by atoms with Gasteiger partial charge in [0.1, 0.15) is 0 Å². The van der Waals surface area contributed by atoms with Gasteiger partial charge in [0.05, 0.1) is 9.82 Å². The van der Waals surface area contributed by atoms with Gasteiger partial charge in [-0.15, -0.1) is 0 Å². The van der Waals surface area contributed by atoms with Crippen LogP contribution in [-0.2, 0) is 14.8 Å². The van der Waals surface area contributed by atoms with Gasteiger partial charge in [0.25, 0.3) is 0 Å². The van der Waals surface area contributed by atoms with Crippen LogP contribution in [0.2, 0.25) is 0 Å². The lowest BCUT2D eigenvalue weighted by atomic mass is 9.94. The molecule has 0 aromatic heterocycles. The van der Waals surface area contributed by atoms with Crippen molar-refractivity contribution in [3.63, 3.8) is 0 Å². The summed E-state index contributed by atoms with van der Waals surface area (Å²) < 4.78 is 45.7. The number of hydrogen-bond donors (Lipinski definition) is 1. The molecule has 1 aromatic rings. The molecule has 1 N–H and O–H groups in total. The number of rotatable bonds is 4. The molecule has 21 heavy (non-hydrogen) atoms. The quantitative estimate of drug-likeness (QED) is 0.671. The average molecular weight is 318 g/mol. The molecule has 9 heteroatoms. The molecule has 0 unspecified atom stereocenters. The van der Waals surface area contributed by atoms with Crippen LogP contribution < -0.4 is 4.72 Å². The third-order valence-corrected chi connectivity index (χ3v) is 5.04. The Morgan fingerprint density at radius 2 is 2.00 bits per heavy atom. The lowest BCUT2D eigenvalue weighted by molar-refractivity contribution is -0.387. The van der Waals surface area contributed by atoms with Crippen molar-refractivity contribution in [2.45, 2.75) is 30.2 Å². The first-order valence-corrected chi connectivity index (χ1v) is 7.77. The zero-order chi connectivity index (χ0) is 15.7. The second-order valence-corrected chi connectivity index (χ2v) is 6.83. The number of sulfonamides is 1. The minimum Gasteiger partial charge on any atom is -0.381 e. The van der Waals surface area contributed by atoms with Gasteiger partial charge in [-0.1, -0.05) is 0 Å². The molecular formula is C12H15FN2O5S. The molecule has 1 saturated heterocycles. The number of nitrogens with zero attached hydrogens (tertiary/aromatic N) is 1. The number of benzene rings is 1. The van der Waals surface area contributed by atoms with E-state index in [1.54, 1.807) is 6.92 Å². The lowest BCUT2D eigenvalue weighted by Crippen LogP contribution is -2.49. The topological polar surface area (TPSA) is 98.5 Å². The summed E-state index contributed by atoms with van der Waals surface area (Å²) in [5.74, 6) is -1.18. The van der Waals surface area contributed by atoms with E-state index >= 15 is 0 Å². The number of halogens is 1. The van der Waals surface area contributed by atoms with Crippen LogP contribution >= 0.6 is 0 Å². The summed E-state index contributed by atoms with van der Waals surface area (Å²) >= 11 is 0. The van der Waals surface area contributed by atoms with Crippen LogP contribution in [0.15, 0.2) is 23.1 Å². The second kappa shape index (κ2) is 5.66. The zero-order valence-corrected chi connectivity index (χ0v) is 12.2. The Balaban J connectivity index is 2.27. The number of nitro groups is 1. The molecule has 116 valence electrons. The van der Waals surface area contributed by atoms with Gasteiger partial charge in [0.15, 0.2) is 0 Å². The molecule has 1 aromatic carbocycles. The highest BCUT2D eigenvalue weighted by Crippen LogP contribution is 2.25. The summed E-state index contributed by atoms with van der Waals surface area (Å²) in [5, 5.41) is 10.5. The van der Waals surface area contributed by atoms with Crippen molar-refractivity contribution in [1.82, 2.24) is 4.72 Å². The highest BCUT2D eigenvalue weighted by atomic mass is 32.2. The predicted octanol–water partition coefficient (Wildman–Crippen LogP) is 1.58. The Morgan fingerprint density at radius 3 is 2.52 bits per heavy atom. The number of nitrogens with one attached hydrogen (secondary N) is 1. The van der Waals surface area contributed by atoms with E-state index in [0.717, 1.165) is 12.1 Å². The normalized spacial score (nSPS) is 18.4. The summed E-state index contributed by atoms with van der Waals surface area (Å²) in [6.07, 6.45) is 1.00. The Kier molecular flexibility index (Phi) is 4.26. The van der Waals surface area contributed by atoms with Crippen LogP contribution in [-0.4, -0.2) is 32.1 Å². The van der Waals surface area contributed by atoms with Crippen LogP contribution in [0.4, 0.5) is 10.1 Å². The van der Waals surface area contributed by atoms with E-state index in [-0.39, 0.29) is 4.90 Å². The maximum Gasteiger partial charge on any atom is 0.304 e. The third-order valence-electron chi connectivity index (χ3n) is 3.40. The molecule has 1 aliphatic rings. The average Bonchev–Trinajstić information content (AvgIpc) is 2.37. The van der Waals surface area contributed by atoms with Crippen molar-refractivity contribution in [3.8, 4) is 0 Å². The highest BCUT2D eigenvalue weighted by Gasteiger charge is 2.33. The third kappa shape index (κ3) is 3.55. The van der Waals surface area contributed by atoms with Crippen molar-refractivity contribution in [3.05, 3.63) is 34.1 Å². The molecular weight excluding hydrogens is 303 g/mol. The zero-order valence-electron chi connectivity index (χ0n) is 11.3. The van der Waals surface area contributed by atoms with E-state index in [2.05, 4.69) is 4.72 Å². The Bertz CT molecular complexity index is 656. The maximum atomic E-state index is 13.6. The molecule has 1 fully saturated rings. The predicted molar refractivity (Wildman–Crippen MR) is 71.8 cm³/mol. The van der Waals surface area contributed by atoms with Gasteiger partial charge in [0, 0.05) is 30.9 Å². The molecule has 0 aliphatic carbocycles. The van der Waals surface area contributed by atoms with E-state index in [1.165, 1.54) is 0 Å². The smallest absolute Gasteiger partial charge is 0.304 e. The first-order chi connectivity index (χ1) is 9.73. The van der Waals surface area contributed by atoms with Crippen LogP contribution in [0.25, 0.3) is 0 Å². The standard InChI is InChI=1S/C12H15FN2O5S/c1-12(4-6-20-7-5-12)14-21(18,19)9-2-3-11(15(16)17)10(13)8-9/h2-3,8,14H,4-7H2,1H3. The van der Waals surface area contributed by atoms with Crippen molar-refractivity contribution < 1.29 is 22.5 Å². The van der Waals surface area contributed by atoms with E-state index in [1.807, 2.05) is 0 Å². The fraction of sp³-hybridized carbons (Fsp3) is 0.500. The van der Waals surface area contributed by atoms with Crippen LogP contribution in [0, 0.1) is 15.9 Å². The van der Waals surface area contributed by atoms with Gasteiger partial charge in [-0.3, -0.25) is 10.1 Å². The van der Waals surface area contributed by atoms with Crippen LogP contribution in [0.3, 0.4) is 0 Å². The molecule has 1 heterocycles. The first kappa shape index (κ1) is 15.8. The number of hydrogen-bond acceptors (Lipinski definition) is 5. The highest BCUT2D eigenvalue weighted by molar-refractivity contribution is 7.89. The van der Waals surface area contributed by atoms with Gasteiger partial charge in [-0.25, -0.2) is 13.1 Å². The molecule has 0 spiro atoms. The molecule has 0 bridgehead atoms. The molecule has 2 rings (SSSR count). The SMILES string of the molecule is CC1(NS(=O)(=O)c2ccc([N+](=O)[O-])c(F)c2)CCOCC1. The fourth-order valence-corrected chi connectivity index (χ4v) is 3.59. The van der Waals surface area contributed by atoms with Crippen LogP contribution in [0.5, 0.6) is 0 Å². The molecule has 0 saturated carbocycles. The van der Waals surface area contributed by atoms with Crippen molar-refractivity contribution in [1.29, 1.82) is 0 Å². The summed E-state index contributed by atoms with van der Waals surface area (Å²) in [6.45, 7) is 2.62. The van der Waals surface area contributed by atoms with E-state index in [0.29, 0.717) is 32.1 Å². The fourth-order valence-electron chi connectivity index (χ4n) is 2.11. The van der Waals surface area contributed by atoms with Gasteiger partial charge in [-0.2, -0.15) is 4.39 Å². The Hall–Kier alpha value is -1.58. The number of nitro benzene ring substituents is 1. The van der Waals surface area contributed by atoms with Crippen LogP contribution in [0.1, 0.15) is 19.8 Å². The lowest BCUT2D eigenvalue weighted by Gasteiger charge is -2.33.